The van der Waals surface area contributed by atoms with Gasteiger partial charge in [-0.1, -0.05) is 18.2 Å². The van der Waals surface area contributed by atoms with Crippen LogP contribution in [0.25, 0.3) is 11.1 Å². The third-order valence-electron chi connectivity index (χ3n) is 2.18. The number of para-hydroxylation sites is 1. The van der Waals surface area contributed by atoms with Crippen molar-refractivity contribution in [2.24, 2.45) is 0 Å². The van der Waals surface area contributed by atoms with Gasteiger partial charge in [0, 0.05) is 6.07 Å². The van der Waals surface area contributed by atoms with Crippen molar-refractivity contribution in [2.45, 2.75) is 6.10 Å². The van der Waals surface area contributed by atoms with E-state index in [1.807, 2.05) is 30.4 Å². The standard InChI is InChI=1S/C12H8NO2/c1-2-6-10-9(5-1)13-12(15-10)11-7-3-4-8-14-11/h1-5,7-8,11H. The number of aromatic nitrogens is 1. The lowest BCUT2D eigenvalue weighted by molar-refractivity contribution is 0.158. The molecular formula is C12H8NO2. The van der Waals surface area contributed by atoms with E-state index in [2.05, 4.69) is 11.1 Å². The van der Waals surface area contributed by atoms with Gasteiger partial charge in [-0.25, -0.2) is 4.98 Å². The van der Waals surface area contributed by atoms with Crippen molar-refractivity contribution in [1.82, 2.24) is 4.98 Å². The number of allylic oxidation sites excluding steroid dienone is 2. The zero-order valence-electron chi connectivity index (χ0n) is 7.88. The molecule has 0 saturated carbocycles. The van der Waals surface area contributed by atoms with Crippen LogP contribution < -0.4 is 0 Å². The second-order valence-corrected chi connectivity index (χ2v) is 3.21. The summed E-state index contributed by atoms with van der Waals surface area (Å²) >= 11 is 0. The highest BCUT2D eigenvalue weighted by Gasteiger charge is 2.16. The first-order valence-electron chi connectivity index (χ1n) is 4.69. The van der Waals surface area contributed by atoms with Crippen molar-refractivity contribution >= 4 is 11.1 Å². The largest absolute Gasteiger partial charge is 0.484 e. The van der Waals surface area contributed by atoms with Crippen molar-refractivity contribution in [3.8, 4) is 0 Å². The molecule has 0 N–H and O–H groups in total. The molecule has 1 aromatic heterocycles. The summed E-state index contributed by atoms with van der Waals surface area (Å²) in [6.45, 7) is 0. The molecule has 1 aromatic carbocycles. The highest BCUT2D eigenvalue weighted by atomic mass is 16.5. The average Bonchev–Trinajstić information content (AvgIpc) is 2.74. The fourth-order valence-corrected chi connectivity index (χ4v) is 1.48. The lowest BCUT2D eigenvalue weighted by Gasteiger charge is -2.10. The minimum Gasteiger partial charge on any atom is -0.484 e. The van der Waals surface area contributed by atoms with Gasteiger partial charge in [-0.05, 0) is 18.2 Å². The fraction of sp³-hybridized carbons (Fsp3) is 0.0833. The zero-order valence-corrected chi connectivity index (χ0v) is 7.88. The number of hydrogen-bond donors (Lipinski definition) is 0. The molecule has 3 rings (SSSR count). The van der Waals surface area contributed by atoms with Crippen LogP contribution in [0.2, 0.25) is 0 Å². The van der Waals surface area contributed by atoms with Gasteiger partial charge in [0.1, 0.15) is 5.52 Å². The summed E-state index contributed by atoms with van der Waals surface area (Å²) in [5.74, 6) is 0.563. The molecule has 0 fully saturated rings. The van der Waals surface area contributed by atoms with E-state index in [1.54, 1.807) is 12.3 Å². The van der Waals surface area contributed by atoms with Gasteiger partial charge in [0.05, 0.1) is 6.26 Å². The minimum atomic E-state index is -0.226. The van der Waals surface area contributed by atoms with E-state index in [4.69, 9.17) is 9.15 Å². The number of oxazole rings is 1. The summed E-state index contributed by atoms with van der Waals surface area (Å²) in [7, 11) is 0. The highest BCUT2D eigenvalue weighted by Crippen LogP contribution is 2.24. The second-order valence-electron chi connectivity index (χ2n) is 3.21. The predicted octanol–water partition coefficient (Wildman–Crippen LogP) is 2.77. The molecule has 1 atom stereocenters. The molecule has 3 heteroatoms. The van der Waals surface area contributed by atoms with Crippen LogP contribution in [-0.4, -0.2) is 4.98 Å². The van der Waals surface area contributed by atoms with Crippen LogP contribution in [0.15, 0.2) is 47.1 Å². The Bertz CT molecular complexity index is 506. The van der Waals surface area contributed by atoms with Crippen LogP contribution in [0.1, 0.15) is 12.0 Å². The van der Waals surface area contributed by atoms with Gasteiger partial charge in [-0.3, -0.25) is 0 Å². The van der Waals surface area contributed by atoms with Crippen molar-refractivity contribution in [1.29, 1.82) is 0 Å². The summed E-state index contributed by atoms with van der Waals surface area (Å²) in [5.41, 5.74) is 1.47. The highest BCUT2D eigenvalue weighted by molar-refractivity contribution is 5.71. The van der Waals surface area contributed by atoms with Crippen molar-refractivity contribution in [3.05, 3.63) is 54.6 Å². The van der Waals surface area contributed by atoms with Gasteiger partial charge in [-0.15, -0.1) is 0 Å². The van der Waals surface area contributed by atoms with Crippen molar-refractivity contribution in [3.63, 3.8) is 0 Å². The summed E-state index contributed by atoms with van der Waals surface area (Å²) < 4.78 is 10.9. The number of nitrogens with zero attached hydrogens (tertiary/aromatic N) is 1. The van der Waals surface area contributed by atoms with Crippen LogP contribution in [0.5, 0.6) is 0 Å². The van der Waals surface area contributed by atoms with E-state index in [0.29, 0.717) is 11.5 Å². The number of rotatable bonds is 1. The molecule has 0 aliphatic carbocycles. The van der Waals surface area contributed by atoms with Crippen LogP contribution in [0.3, 0.4) is 0 Å². The Hall–Kier alpha value is -2.03. The third-order valence-corrected chi connectivity index (χ3v) is 2.18. The predicted molar refractivity (Wildman–Crippen MR) is 55.0 cm³/mol. The lowest BCUT2D eigenvalue weighted by Crippen LogP contribution is -1.99. The van der Waals surface area contributed by atoms with E-state index >= 15 is 0 Å². The maximum absolute atomic E-state index is 5.53. The molecule has 1 radical (unpaired) electrons. The molecule has 0 amide bonds. The van der Waals surface area contributed by atoms with Gasteiger partial charge in [-0.2, -0.15) is 0 Å². The molecular weight excluding hydrogens is 190 g/mol. The average molecular weight is 198 g/mol. The Balaban J connectivity index is 2.04. The van der Waals surface area contributed by atoms with Crippen molar-refractivity contribution < 1.29 is 9.15 Å². The van der Waals surface area contributed by atoms with E-state index < -0.39 is 0 Å². The Morgan fingerprint density at radius 3 is 3.13 bits per heavy atom. The zero-order chi connectivity index (χ0) is 10.1. The topological polar surface area (TPSA) is 35.3 Å². The summed E-state index contributed by atoms with van der Waals surface area (Å²) in [6.07, 6.45) is 7.03. The number of benzene rings is 1. The molecule has 1 aliphatic heterocycles. The third kappa shape index (κ3) is 1.42. The Kier molecular flexibility index (Phi) is 1.81. The van der Waals surface area contributed by atoms with Crippen molar-refractivity contribution in [2.75, 3.05) is 0 Å². The molecule has 73 valence electrons. The molecule has 0 saturated heterocycles. The first-order chi connectivity index (χ1) is 7.43. The molecule has 0 spiro atoms. The van der Waals surface area contributed by atoms with Gasteiger partial charge < -0.3 is 9.15 Å². The van der Waals surface area contributed by atoms with Crippen LogP contribution >= 0.6 is 0 Å². The number of hydrogen-bond acceptors (Lipinski definition) is 3. The van der Waals surface area contributed by atoms with E-state index in [0.717, 1.165) is 5.52 Å². The lowest BCUT2D eigenvalue weighted by atomic mass is 10.3. The molecule has 3 nitrogen and oxygen atoms in total. The Morgan fingerprint density at radius 1 is 1.33 bits per heavy atom. The molecule has 15 heavy (non-hydrogen) atoms. The maximum Gasteiger partial charge on any atom is 0.240 e. The van der Waals surface area contributed by atoms with E-state index in [1.165, 1.54) is 0 Å². The second kappa shape index (κ2) is 3.28. The van der Waals surface area contributed by atoms with Gasteiger partial charge >= 0.3 is 0 Å². The van der Waals surface area contributed by atoms with Crippen LogP contribution in [0, 0.1) is 6.07 Å². The quantitative estimate of drug-likeness (QED) is 0.706. The molecule has 1 aliphatic rings. The Labute approximate surface area is 86.7 Å². The Morgan fingerprint density at radius 2 is 2.33 bits per heavy atom. The number of ether oxygens (including phenoxy) is 1. The summed E-state index contributed by atoms with van der Waals surface area (Å²) in [4.78, 5) is 4.33. The first kappa shape index (κ1) is 8.29. The smallest absolute Gasteiger partial charge is 0.240 e. The maximum atomic E-state index is 5.53. The summed E-state index contributed by atoms with van der Waals surface area (Å²) in [5, 5.41) is 0. The summed E-state index contributed by atoms with van der Waals surface area (Å²) in [6, 6.07) is 8.55. The van der Waals surface area contributed by atoms with Crippen LogP contribution in [0.4, 0.5) is 0 Å². The van der Waals surface area contributed by atoms with Crippen LogP contribution in [-0.2, 0) is 4.74 Å². The van der Waals surface area contributed by atoms with Gasteiger partial charge in [0.25, 0.3) is 0 Å². The normalized spacial score (nSPS) is 19.3. The first-order valence-corrected chi connectivity index (χ1v) is 4.69. The van der Waals surface area contributed by atoms with E-state index in [-0.39, 0.29) is 6.10 Å². The number of fused-ring (bicyclic) bond motifs is 1. The molecule has 2 aromatic rings. The SMILES string of the molecule is [c]1cccc2nc(C3C=CC=CO3)oc12. The molecule has 1 unspecified atom stereocenters. The van der Waals surface area contributed by atoms with Gasteiger partial charge in [0.2, 0.25) is 5.89 Å². The monoisotopic (exact) mass is 198 g/mol. The fourth-order valence-electron chi connectivity index (χ4n) is 1.48. The molecule has 2 heterocycles. The molecule has 0 bridgehead atoms. The minimum absolute atomic E-state index is 0.226. The van der Waals surface area contributed by atoms with E-state index in [9.17, 15) is 0 Å². The van der Waals surface area contributed by atoms with Gasteiger partial charge in [0.15, 0.2) is 11.7 Å².